The molecule has 0 aliphatic carbocycles. The molecule has 0 amide bonds. The average Bonchev–Trinajstić information content (AvgIpc) is 2.68. The summed E-state index contributed by atoms with van der Waals surface area (Å²) in [5, 5.41) is 3.39. The predicted octanol–water partition coefficient (Wildman–Crippen LogP) is 2.50. The number of nitrogens with zero attached hydrogens (tertiary/aromatic N) is 3. The van der Waals surface area contributed by atoms with Gasteiger partial charge in [-0.05, 0) is 44.4 Å². The number of likely N-dealkylation sites (tertiary alicyclic amines) is 1. The van der Waals surface area contributed by atoms with E-state index in [9.17, 15) is 9.18 Å². The van der Waals surface area contributed by atoms with Gasteiger partial charge in [-0.2, -0.15) is 0 Å². The van der Waals surface area contributed by atoms with Crippen molar-refractivity contribution in [1.82, 2.24) is 10.2 Å². The lowest BCUT2D eigenvalue weighted by Gasteiger charge is -2.33. The molecule has 1 aromatic carbocycles. The average molecular weight is 378 g/mol. The van der Waals surface area contributed by atoms with Crippen molar-refractivity contribution in [2.75, 3.05) is 51.8 Å². The molecular weight excluding hydrogens is 347 g/mol. The molecule has 1 saturated heterocycles. The maximum absolute atomic E-state index is 13.3. The van der Waals surface area contributed by atoms with Gasteiger partial charge < -0.3 is 19.9 Å². The van der Waals surface area contributed by atoms with Gasteiger partial charge in [0.25, 0.3) is 0 Å². The lowest BCUT2D eigenvalue weighted by Crippen LogP contribution is -2.47. The van der Waals surface area contributed by atoms with E-state index in [0.29, 0.717) is 6.61 Å². The van der Waals surface area contributed by atoms with Crippen LogP contribution in [0.25, 0.3) is 0 Å². The van der Waals surface area contributed by atoms with Crippen LogP contribution in [0.3, 0.4) is 0 Å². The van der Waals surface area contributed by atoms with Crippen molar-refractivity contribution >= 4 is 17.6 Å². The topological polar surface area (TPSA) is 57.2 Å². The lowest BCUT2D eigenvalue weighted by atomic mass is 9.97. The molecule has 0 spiro atoms. The van der Waals surface area contributed by atoms with E-state index in [1.54, 1.807) is 19.2 Å². The van der Waals surface area contributed by atoms with E-state index in [2.05, 4.69) is 15.2 Å². The van der Waals surface area contributed by atoms with Crippen molar-refractivity contribution in [3.8, 4) is 0 Å². The van der Waals surface area contributed by atoms with Crippen LogP contribution in [0.4, 0.5) is 10.1 Å². The van der Waals surface area contributed by atoms with Crippen molar-refractivity contribution in [1.29, 1.82) is 0 Å². The predicted molar refractivity (Wildman–Crippen MR) is 107 cm³/mol. The smallest absolute Gasteiger partial charge is 0.309 e. The number of carbonyl (C=O) groups excluding carboxylic acids is 1. The molecule has 0 saturated carbocycles. The van der Waals surface area contributed by atoms with Crippen LogP contribution in [0.1, 0.15) is 26.2 Å². The Balaban J connectivity index is 1.71. The van der Waals surface area contributed by atoms with Gasteiger partial charge in [0.1, 0.15) is 5.82 Å². The van der Waals surface area contributed by atoms with E-state index < -0.39 is 0 Å². The zero-order valence-corrected chi connectivity index (χ0v) is 16.6. The van der Waals surface area contributed by atoms with Crippen molar-refractivity contribution < 1.29 is 13.9 Å². The third-order valence-corrected chi connectivity index (χ3v) is 4.83. The number of ether oxygens (including phenoxy) is 1. The van der Waals surface area contributed by atoms with Crippen LogP contribution in [0.2, 0.25) is 0 Å². The number of piperidine rings is 1. The molecule has 27 heavy (non-hydrogen) atoms. The van der Waals surface area contributed by atoms with E-state index in [4.69, 9.17) is 4.74 Å². The zero-order chi connectivity index (χ0) is 19.6. The molecule has 0 aromatic heterocycles. The van der Waals surface area contributed by atoms with Crippen LogP contribution >= 0.6 is 0 Å². The summed E-state index contributed by atoms with van der Waals surface area (Å²) in [5.41, 5.74) is 0.875. The number of hydrogen-bond donors (Lipinski definition) is 1. The fourth-order valence-corrected chi connectivity index (χ4v) is 3.28. The molecule has 1 aromatic rings. The zero-order valence-electron chi connectivity index (χ0n) is 16.6. The van der Waals surface area contributed by atoms with Crippen LogP contribution in [0, 0.1) is 11.7 Å². The number of benzene rings is 1. The third kappa shape index (κ3) is 6.41. The third-order valence-electron chi connectivity index (χ3n) is 4.83. The standard InChI is InChI=1S/C20H31FN4O2/c1-4-27-19(26)16-9-13-25(14-10-16)20(22-2)23-11-6-12-24(3)18-8-5-7-17(21)15-18/h5,7-8,15-16H,4,6,9-14H2,1-3H3,(H,22,23). The Morgan fingerprint density at radius 1 is 1.41 bits per heavy atom. The van der Waals surface area contributed by atoms with Crippen LogP contribution in [0.15, 0.2) is 29.3 Å². The minimum absolute atomic E-state index is 0.000719. The molecule has 1 fully saturated rings. The Labute approximate surface area is 161 Å². The second kappa shape index (κ2) is 10.7. The largest absolute Gasteiger partial charge is 0.466 e. The number of aliphatic imine (C=N–C) groups is 1. The van der Waals surface area contributed by atoms with Crippen LogP contribution in [-0.2, 0) is 9.53 Å². The Kier molecular flexibility index (Phi) is 8.36. The molecule has 150 valence electrons. The van der Waals surface area contributed by atoms with Gasteiger partial charge in [-0.15, -0.1) is 0 Å². The number of esters is 1. The molecule has 7 heteroatoms. The highest BCUT2D eigenvalue weighted by Crippen LogP contribution is 2.19. The van der Waals surface area contributed by atoms with Gasteiger partial charge in [0.15, 0.2) is 5.96 Å². The number of nitrogens with one attached hydrogen (secondary N) is 1. The molecule has 0 atom stereocenters. The quantitative estimate of drug-likeness (QED) is 0.342. The summed E-state index contributed by atoms with van der Waals surface area (Å²) in [6, 6.07) is 6.62. The molecule has 1 aliphatic rings. The van der Waals surface area contributed by atoms with Gasteiger partial charge in [-0.25, -0.2) is 4.39 Å². The summed E-state index contributed by atoms with van der Waals surface area (Å²) in [6.45, 7) is 5.47. The summed E-state index contributed by atoms with van der Waals surface area (Å²) in [7, 11) is 3.74. The second-order valence-corrected chi connectivity index (χ2v) is 6.74. The maximum atomic E-state index is 13.3. The molecule has 6 nitrogen and oxygen atoms in total. The molecule has 0 bridgehead atoms. The number of halogens is 1. The minimum atomic E-state index is -0.218. The van der Waals surface area contributed by atoms with Gasteiger partial charge in [-0.1, -0.05) is 6.07 Å². The number of carbonyl (C=O) groups is 1. The van der Waals surface area contributed by atoms with Crippen LogP contribution < -0.4 is 10.2 Å². The first-order chi connectivity index (χ1) is 13.0. The Morgan fingerprint density at radius 3 is 2.78 bits per heavy atom. The van der Waals surface area contributed by atoms with Crippen molar-refractivity contribution in [2.24, 2.45) is 10.9 Å². The summed E-state index contributed by atoms with van der Waals surface area (Å²) >= 11 is 0. The SMILES string of the molecule is CCOC(=O)C1CCN(C(=NC)NCCCN(C)c2cccc(F)c2)CC1. The number of anilines is 1. The first kappa shape index (κ1) is 21.0. The number of hydrogen-bond acceptors (Lipinski definition) is 4. The van der Waals surface area contributed by atoms with Gasteiger partial charge in [0.05, 0.1) is 12.5 Å². The first-order valence-electron chi connectivity index (χ1n) is 9.64. The van der Waals surface area contributed by atoms with Crippen LogP contribution in [0.5, 0.6) is 0 Å². The van der Waals surface area contributed by atoms with Crippen LogP contribution in [-0.4, -0.2) is 63.7 Å². The fraction of sp³-hybridized carbons (Fsp3) is 0.600. The van der Waals surface area contributed by atoms with Gasteiger partial charge in [0.2, 0.25) is 0 Å². The monoisotopic (exact) mass is 378 g/mol. The summed E-state index contributed by atoms with van der Waals surface area (Å²) in [5.74, 6) is 0.564. The Bertz CT molecular complexity index is 630. The molecular formula is C20H31FN4O2. The van der Waals surface area contributed by atoms with Gasteiger partial charge in [-0.3, -0.25) is 9.79 Å². The molecule has 0 unspecified atom stereocenters. The van der Waals surface area contributed by atoms with E-state index >= 15 is 0 Å². The minimum Gasteiger partial charge on any atom is -0.466 e. The van der Waals surface area contributed by atoms with E-state index in [1.807, 2.05) is 24.9 Å². The van der Waals surface area contributed by atoms with Crippen molar-refractivity contribution in [3.63, 3.8) is 0 Å². The Morgan fingerprint density at radius 2 is 2.15 bits per heavy atom. The number of guanidine groups is 1. The first-order valence-corrected chi connectivity index (χ1v) is 9.64. The molecule has 2 rings (SSSR count). The van der Waals surface area contributed by atoms with E-state index in [1.165, 1.54) is 6.07 Å². The maximum Gasteiger partial charge on any atom is 0.309 e. The fourth-order valence-electron chi connectivity index (χ4n) is 3.28. The summed E-state index contributed by atoms with van der Waals surface area (Å²) in [6.07, 6.45) is 2.50. The molecule has 1 N–H and O–H groups in total. The van der Waals surface area contributed by atoms with Crippen molar-refractivity contribution in [3.05, 3.63) is 30.1 Å². The molecule has 0 radical (unpaired) electrons. The van der Waals surface area contributed by atoms with E-state index in [0.717, 1.165) is 57.1 Å². The molecule has 1 aliphatic heterocycles. The second-order valence-electron chi connectivity index (χ2n) is 6.74. The summed E-state index contributed by atoms with van der Waals surface area (Å²) in [4.78, 5) is 20.4. The van der Waals surface area contributed by atoms with Gasteiger partial charge >= 0.3 is 5.97 Å². The lowest BCUT2D eigenvalue weighted by molar-refractivity contribution is -0.149. The highest BCUT2D eigenvalue weighted by atomic mass is 19.1. The van der Waals surface area contributed by atoms with Crippen molar-refractivity contribution in [2.45, 2.75) is 26.2 Å². The Hall–Kier alpha value is -2.31. The normalized spacial score (nSPS) is 15.6. The van der Waals surface area contributed by atoms with Gasteiger partial charge in [0, 0.05) is 46.0 Å². The number of rotatable bonds is 7. The molecule has 1 heterocycles. The highest BCUT2D eigenvalue weighted by Gasteiger charge is 2.27. The summed E-state index contributed by atoms with van der Waals surface area (Å²) < 4.78 is 18.4. The highest BCUT2D eigenvalue weighted by molar-refractivity contribution is 5.80. The van der Waals surface area contributed by atoms with E-state index in [-0.39, 0.29) is 17.7 Å².